The zero-order valence-corrected chi connectivity index (χ0v) is 5.75. The van der Waals surface area contributed by atoms with Crippen LogP contribution in [0.3, 0.4) is 0 Å². The highest BCUT2D eigenvalue weighted by Crippen LogP contribution is 2.16. The van der Waals surface area contributed by atoms with Crippen molar-refractivity contribution in [1.82, 2.24) is 4.98 Å². The van der Waals surface area contributed by atoms with Crippen molar-refractivity contribution in [3.63, 3.8) is 0 Å². The van der Waals surface area contributed by atoms with Gasteiger partial charge in [-0.3, -0.25) is 4.79 Å². The summed E-state index contributed by atoms with van der Waals surface area (Å²) < 4.78 is 9.34. The molecule has 0 spiro atoms. The number of carbonyl (C=O) groups is 1. The highest BCUT2D eigenvalue weighted by atomic mass is 16.6. The number of aromatic nitrogens is 1. The summed E-state index contributed by atoms with van der Waals surface area (Å²) in [5, 5.41) is 0. The van der Waals surface area contributed by atoms with E-state index in [1.54, 1.807) is 13.8 Å². The number of hydrogen-bond donors (Lipinski definition) is 0. The largest absolute Gasteiger partial charge is 0.410 e. The third-order valence-electron chi connectivity index (χ3n) is 1.02. The molecule has 0 saturated carbocycles. The van der Waals surface area contributed by atoms with Crippen LogP contribution in [0, 0.1) is 13.8 Å². The molecular weight excluding hydrogens is 134 g/mol. The summed E-state index contributed by atoms with van der Waals surface area (Å²) in [7, 11) is 0. The molecule has 1 aromatic heterocycles. The Bertz CT molecular complexity index is 241. The maximum Gasteiger partial charge on any atom is 0.315 e. The average Bonchev–Trinajstić information content (AvgIpc) is 2.13. The fraction of sp³-hybridized carbons (Fsp3) is 0.333. The molecule has 0 aromatic carbocycles. The number of aryl methyl sites for hydroxylation is 2. The molecule has 1 rings (SSSR count). The molecule has 1 aromatic rings. The first kappa shape index (κ1) is 6.80. The predicted octanol–water partition coefficient (Wildman–Crippen LogP) is 0.827. The van der Waals surface area contributed by atoms with Crippen LogP contribution in [0.4, 0.5) is 0 Å². The van der Waals surface area contributed by atoms with Crippen molar-refractivity contribution in [3.05, 3.63) is 11.6 Å². The second-order valence-corrected chi connectivity index (χ2v) is 1.82. The molecule has 0 bridgehead atoms. The molecule has 4 nitrogen and oxygen atoms in total. The van der Waals surface area contributed by atoms with Crippen molar-refractivity contribution in [2.75, 3.05) is 0 Å². The van der Waals surface area contributed by atoms with Gasteiger partial charge in [-0.2, -0.15) is 0 Å². The number of nitrogens with zero attached hydrogens (tertiary/aromatic N) is 1. The minimum absolute atomic E-state index is 0.174. The molecule has 4 heteroatoms. The van der Waals surface area contributed by atoms with Gasteiger partial charge in [0.05, 0.1) is 0 Å². The molecule has 0 amide bonds. The molecule has 0 unspecified atom stereocenters. The zero-order valence-electron chi connectivity index (χ0n) is 5.75. The highest BCUT2D eigenvalue weighted by Gasteiger charge is 2.05. The SMILES string of the molecule is Cc1nc(C)c(OC=O)o1. The van der Waals surface area contributed by atoms with Crippen molar-refractivity contribution in [1.29, 1.82) is 0 Å². The van der Waals surface area contributed by atoms with Crippen LogP contribution in [0.1, 0.15) is 11.6 Å². The van der Waals surface area contributed by atoms with Gasteiger partial charge in [-0.25, -0.2) is 4.98 Å². The lowest BCUT2D eigenvalue weighted by molar-refractivity contribution is -0.121. The van der Waals surface area contributed by atoms with Gasteiger partial charge >= 0.3 is 12.4 Å². The number of carbonyl (C=O) groups excluding carboxylic acids is 1. The summed E-state index contributed by atoms with van der Waals surface area (Å²) in [6.45, 7) is 3.70. The van der Waals surface area contributed by atoms with E-state index in [0.717, 1.165) is 0 Å². The number of oxazole rings is 1. The minimum Gasteiger partial charge on any atom is -0.410 e. The second-order valence-electron chi connectivity index (χ2n) is 1.82. The molecule has 0 radical (unpaired) electrons. The first-order valence-corrected chi connectivity index (χ1v) is 2.78. The average molecular weight is 141 g/mol. The van der Waals surface area contributed by atoms with Gasteiger partial charge in [0, 0.05) is 6.92 Å². The third kappa shape index (κ3) is 1.15. The van der Waals surface area contributed by atoms with Crippen LogP contribution in [-0.4, -0.2) is 11.5 Å². The van der Waals surface area contributed by atoms with E-state index in [4.69, 9.17) is 4.42 Å². The topological polar surface area (TPSA) is 52.3 Å². The summed E-state index contributed by atoms with van der Waals surface area (Å²) in [5.41, 5.74) is 0.588. The van der Waals surface area contributed by atoms with Crippen molar-refractivity contribution in [2.24, 2.45) is 0 Å². The van der Waals surface area contributed by atoms with E-state index >= 15 is 0 Å². The standard InChI is InChI=1S/C6H7NO3/c1-4-6(9-3-8)10-5(2)7-4/h3H,1-2H3. The van der Waals surface area contributed by atoms with Crippen molar-refractivity contribution < 1.29 is 13.9 Å². The molecule has 0 aliphatic rings. The third-order valence-corrected chi connectivity index (χ3v) is 1.02. The molecule has 0 saturated heterocycles. The van der Waals surface area contributed by atoms with Crippen molar-refractivity contribution in [3.8, 4) is 5.95 Å². The summed E-state index contributed by atoms with van der Waals surface area (Å²) in [6.07, 6.45) is 0. The van der Waals surface area contributed by atoms with Crippen LogP contribution in [0.5, 0.6) is 5.95 Å². The normalized spacial score (nSPS) is 9.40. The summed E-state index contributed by atoms with van der Waals surface area (Å²) in [4.78, 5) is 13.7. The van der Waals surface area contributed by atoms with Crippen LogP contribution in [0.15, 0.2) is 4.42 Å². The number of ether oxygens (including phenoxy) is 1. The van der Waals surface area contributed by atoms with Crippen LogP contribution in [-0.2, 0) is 4.79 Å². The van der Waals surface area contributed by atoms with Crippen molar-refractivity contribution in [2.45, 2.75) is 13.8 Å². The fourth-order valence-corrected chi connectivity index (χ4v) is 0.666. The van der Waals surface area contributed by atoms with E-state index < -0.39 is 0 Å². The van der Waals surface area contributed by atoms with Gasteiger partial charge in [0.1, 0.15) is 5.69 Å². The maximum atomic E-state index is 9.83. The van der Waals surface area contributed by atoms with E-state index in [1.807, 2.05) is 0 Å². The molecular formula is C6H7NO3. The van der Waals surface area contributed by atoms with Gasteiger partial charge < -0.3 is 9.15 Å². The molecule has 0 fully saturated rings. The number of hydrogen-bond acceptors (Lipinski definition) is 4. The fourth-order valence-electron chi connectivity index (χ4n) is 0.666. The van der Waals surface area contributed by atoms with Crippen molar-refractivity contribution >= 4 is 6.47 Å². The predicted molar refractivity (Wildman–Crippen MR) is 32.7 cm³/mol. The second kappa shape index (κ2) is 2.51. The molecule has 0 atom stereocenters. The van der Waals surface area contributed by atoms with Gasteiger partial charge in [-0.1, -0.05) is 0 Å². The summed E-state index contributed by atoms with van der Waals surface area (Å²) in [6, 6.07) is 0. The Hall–Kier alpha value is -1.32. The lowest BCUT2D eigenvalue weighted by Gasteiger charge is -1.87. The van der Waals surface area contributed by atoms with Gasteiger partial charge in [0.15, 0.2) is 5.89 Å². The zero-order chi connectivity index (χ0) is 7.56. The highest BCUT2D eigenvalue weighted by molar-refractivity contribution is 5.43. The van der Waals surface area contributed by atoms with E-state index in [0.29, 0.717) is 18.1 Å². The quantitative estimate of drug-likeness (QED) is 0.572. The Balaban J connectivity index is 2.91. The molecule has 1 heterocycles. The van der Waals surface area contributed by atoms with E-state index in [9.17, 15) is 4.79 Å². The van der Waals surface area contributed by atoms with Crippen LogP contribution < -0.4 is 4.74 Å². The first-order valence-electron chi connectivity index (χ1n) is 2.78. The minimum atomic E-state index is 0.174. The Morgan fingerprint density at radius 3 is 2.70 bits per heavy atom. The maximum absolute atomic E-state index is 9.83. The molecule has 10 heavy (non-hydrogen) atoms. The van der Waals surface area contributed by atoms with Gasteiger partial charge in [0.25, 0.3) is 0 Å². The molecule has 0 aliphatic carbocycles. The summed E-state index contributed by atoms with van der Waals surface area (Å²) in [5.74, 6) is 0.668. The number of rotatable bonds is 2. The van der Waals surface area contributed by atoms with Gasteiger partial charge in [-0.05, 0) is 6.92 Å². The van der Waals surface area contributed by atoms with E-state index in [-0.39, 0.29) is 5.95 Å². The first-order chi connectivity index (χ1) is 4.74. The van der Waals surface area contributed by atoms with E-state index in [1.165, 1.54) is 0 Å². The monoisotopic (exact) mass is 141 g/mol. The van der Waals surface area contributed by atoms with E-state index in [2.05, 4.69) is 9.72 Å². The molecule has 0 aliphatic heterocycles. The summed E-state index contributed by atoms with van der Waals surface area (Å²) >= 11 is 0. The van der Waals surface area contributed by atoms with Crippen LogP contribution in [0.25, 0.3) is 0 Å². The Labute approximate surface area is 57.8 Å². The molecule has 0 N–H and O–H groups in total. The Kier molecular flexibility index (Phi) is 1.71. The lowest BCUT2D eigenvalue weighted by atomic mass is 10.5. The van der Waals surface area contributed by atoms with Gasteiger partial charge in [0.2, 0.25) is 0 Å². The van der Waals surface area contributed by atoms with Crippen LogP contribution >= 0.6 is 0 Å². The lowest BCUT2D eigenvalue weighted by Crippen LogP contribution is -1.87. The van der Waals surface area contributed by atoms with Crippen LogP contribution in [0.2, 0.25) is 0 Å². The Morgan fingerprint density at radius 1 is 1.60 bits per heavy atom. The Morgan fingerprint density at radius 2 is 2.30 bits per heavy atom. The smallest absolute Gasteiger partial charge is 0.315 e. The molecule has 54 valence electrons. The van der Waals surface area contributed by atoms with Gasteiger partial charge in [-0.15, -0.1) is 0 Å².